The number of hydrogen-bond donors (Lipinski definition) is 3. The first kappa shape index (κ1) is 19.1. The zero-order chi connectivity index (χ0) is 20.9. The average Bonchev–Trinajstić information content (AvgIpc) is 3.26. The SMILES string of the molecule is C=CCc1cccc(/C=N\NC(=O)c2cc(-c3ccc4ccccc4c3)n[nH]2)c1O. The fraction of sp³-hybridized carbons (Fsp3) is 0.0417. The van der Waals surface area contributed by atoms with Crippen LogP contribution in [0.1, 0.15) is 21.6 Å². The van der Waals surface area contributed by atoms with Crippen molar-refractivity contribution in [3.8, 4) is 17.0 Å². The lowest BCUT2D eigenvalue weighted by molar-refractivity contribution is 0.0950. The van der Waals surface area contributed by atoms with E-state index in [1.54, 1.807) is 18.2 Å². The van der Waals surface area contributed by atoms with Gasteiger partial charge in [0.15, 0.2) is 0 Å². The van der Waals surface area contributed by atoms with Crippen molar-refractivity contribution in [2.45, 2.75) is 6.42 Å². The van der Waals surface area contributed by atoms with Gasteiger partial charge in [-0.3, -0.25) is 9.89 Å². The Morgan fingerprint density at radius 2 is 1.93 bits per heavy atom. The Bertz CT molecular complexity index is 1260. The highest BCUT2D eigenvalue weighted by Gasteiger charge is 2.11. The van der Waals surface area contributed by atoms with E-state index in [-0.39, 0.29) is 5.75 Å². The number of rotatable bonds is 6. The fourth-order valence-electron chi connectivity index (χ4n) is 3.19. The number of carbonyl (C=O) groups excluding carboxylic acids is 1. The minimum absolute atomic E-state index is 0.121. The van der Waals surface area contributed by atoms with Crippen molar-refractivity contribution < 1.29 is 9.90 Å². The lowest BCUT2D eigenvalue weighted by Crippen LogP contribution is -2.18. The van der Waals surface area contributed by atoms with Crippen LogP contribution in [0.5, 0.6) is 5.75 Å². The minimum Gasteiger partial charge on any atom is -0.507 e. The van der Waals surface area contributed by atoms with E-state index in [1.807, 2.05) is 54.6 Å². The van der Waals surface area contributed by atoms with Crippen LogP contribution in [0.2, 0.25) is 0 Å². The van der Waals surface area contributed by atoms with E-state index in [4.69, 9.17) is 0 Å². The summed E-state index contributed by atoms with van der Waals surface area (Å²) in [6, 6.07) is 21.1. The molecule has 0 aliphatic heterocycles. The van der Waals surface area contributed by atoms with Gasteiger partial charge < -0.3 is 5.11 Å². The molecule has 0 spiro atoms. The molecule has 1 aromatic heterocycles. The summed E-state index contributed by atoms with van der Waals surface area (Å²) in [5.41, 5.74) is 5.58. The summed E-state index contributed by atoms with van der Waals surface area (Å²) in [6.45, 7) is 3.67. The number of allylic oxidation sites excluding steroid dienone is 1. The summed E-state index contributed by atoms with van der Waals surface area (Å²) in [4.78, 5) is 12.4. The highest BCUT2D eigenvalue weighted by atomic mass is 16.3. The molecule has 6 heteroatoms. The number of hydrogen-bond acceptors (Lipinski definition) is 4. The van der Waals surface area contributed by atoms with Gasteiger partial charge in [0.05, 0.1) is 11.9 Å². The van der Waals surface area contributed by atoms with E-state index in [9.17, 15) is 9.90 Å². The van der Waals surface area contributed by atoms with Gasteiger partial charge in [0.2, 0.25) is 0 Å². The lowest BCUT2D eigenvalue weighted by Gasteiger charge is -2.04. The normalized spacial score (nSPS) is 11.1. The van der Waals surface area contributed by atoms with E-state index < -0.39 is 5.91 Å². The van der Waals surface area contributed by atoms with Gasteiger partial charge >= 0.3 is 0 Å². The van der Waals surface area contributed by atoms with Crippen molar-refractivity contribution in [3.63, 3.8) is 0 Å². The monoisotopic (exact) mass is 396 g/mol. The predicted octanol–water partition coefficient (Wildman–Crippen LogP) is 4.43. The van der Waals surface area contributed by atoms with Gasteiger partial charge in [-0.2, -0.15) is 10.2 Å². The molecule has 4 rings (SSSR count). The number of H-pyrrole nitrogens is 1. The lowest BCUT2D eigenvalue weighted by atomic mass is 10.1. The first-order chi connectivity index (χ1) is 14.7. The number of nitrogens with zero attached hydrogens (tertiary/aromatic N) is 2. The molecule has 0 unspecified atom stereocenters. The molecule has 1 amide bonds. The molecule has 3 N–H and O–H groups in total. The molecular formula is C24H20N4O2. The first-order valence-corrected chi connectivity index (χ1v) is 9.45. The fourth-order valence-corrected chi connectivity index (χ4v) is 3.19. The van der Waals surface area contributed by atoms with E-state index >= 15 is 0 Å². The highest BCUT2D eigenvalue weighted by molar-refractivity contribution is 5.95. The molecule has 0 aliphatic carbocycles. The number of fused-ring (bicyclic) bond motifs is 1. The largest absolute Gasteiger partial charge is 0.507 e. The van der Waals surface area contributed by atoms with Gasteiger partial charge in [-0.25, -0.2) is 5.43 Å². The summed E-state index contributed by atoms with van der Waals surface area (Å²) >= 11 is 0. The molecule has 4 aromatic rings. The molecule has 1 heterocycles. The Balaban J connectivity index is 1.47. The summed E-state index contributed by atoms with van der Waals surface area (Å²) in [7, 11) is 0. The van der Waals surface area contributed by atoms with Gasteiger partial charge in [0.25, 0.3) is 5.91 Å². The van der Waals surface area contributed by atoms with Crippen LogP contribution in [-0.4, -0.2) is 27.4 Å². The molecule has 6 nitrogen and oxygen atoms in total. The number of nitrogens with one attached hydrogen (secondary N) is 2. The number of hydrazone groups is 1. The van der Waals surface area contributed by atoms with Crippen LogP contribution in [0, 0.1) is 0 Å². The maximum Gasteiger partial charge on any atom is 0.289 e. The summed E-state index contributed by atoms with van der Waals surface area (Å²) < 4.78 is 0. The van der Waals surface area contributed by atoms with Crippen LogP contribution in [0.4, 0.5) is 0 Å². The second kappa shape index (κ2) is 8.45. The number of aromatic nitrogens is 2. The smallest absolute Gasteiger partial charge is 0.289 e. The van der Waals surface area contributed by atoms with E-state index in [0.717, 1.165) is 21.9 Å². The molecule has 0 fully saturated rings. The summed E-state index contributed by atoms with van der Waals surface area (Å²) in [5.74, 6) is -0.303. The van der Waals surface area contributed by atoms with Crippen molar-refractivity contribution >= 4 is 22.9 Å². The second-order valence-corrected chi connectivity index (χ2v) is 6.78. The molecule has 0 radical (unpaired) electrons. The Labute approximate surface area is 173 Å². The molecule has 0 aliphatic rings. The number of phenolic OH excluding ortho intramolecular Hbond substituents is 1. The minimum atomic E-state index is -0.424. The number of para-hydroxylation sites is 1. The van der Waals surface area contributed by atoms with E-state index in [2.05, 4.69) is 27.3 Å². The van der Waals surface area contributed by atoms with Gasteiger partial charge in [-0.1, -0.05) is 54.6 Å². The highest BCUT2D eigenvalue weighted by Crippen LogP contribution is 2.24. The third-order valence-electron chi connectivity index (χ3n) is 4.75. The van der Waals surface area contributed by atoms with Crippen molar-refractivity contribution in [1.82, 2.24) is 15.6 Å². The van der Waals surface area contributed by atoms with Crippen LogP contribution in [0.15, 0.2) is 84.5 Å². The number of carbonyl (C=O) groups is 1. The summed E-state index contributed by atoms with van der Waals surface area (Å²) in [6.07, 6.45) is 3.66. The predicted molar refractivity (Wildman–Crippen MR) is 119 cm³/mol. The molecule has 0 atom stereocenters. The van der Waals surface area contributed by atoms with Crippen molar-refractivity contribution in [1.29, 1.82) is 0 Å². The number of aromatic amines is 1. The Hall–Kier alpha value is -4.19. The zero-order valence-electron chi connectivity index (χ0n) is 16.2. The standard InChI is InChI=1S/C24H20N4O2/c1-2-6-17-9-5-10-20(23(17)29)15-25-28-24(30)22-14-21(26-27-22)19-12-11-16-7-3-4-8-18(16)13-19/h2-5,7-15,29H,1,6H2,(H,26,27)(H,28,30)/b25-15-. The number of phenols is 1. The van der Waals surface area contributed by atoms with Crippen LogP contribution in [-0.2, 0) is 6.42 Å². The third-order valence-corrected chi connectivity index (χ3v) is 4.75. The Morgan fingerprint density at radius 3 is 2.77 bits per heavy atom. The van der Waals surface area contributed by atoms with Crippen LogP contribution < -0.4 is 5.43 Å². The molecule has 30 heavy (non-hydrogen) atoms. The van der Waals surface area contributed by atoms with Crippen LogP contribution in [0.3, 0.4) is 0 Å². The Kier molecular flexibility index (Phi) is 5.39. The molecule has 148 valence electrons. The Morgan fingerprint density at radius 1 is 1.10 bits per heavy atom. The van der Waals surface area contributed by atoms with Crippen molar-refractivity contribution in [2.75, 3.05) is 0 Å². The molecule has 0 saturated heterocycles. The number of benzene rings is 3. The quantitative estimate of drug-likeness (QED) is 0.256. The molecular weight excluding hydrogens is 376 g/mol. The van der Waals surface area contributed by atoms with Crippen LogP contribution in [0.25, 0.3) is 22.0 Å². The number of aromatic hydroxyl groups is 1. The second-order valence-electron chi connectivity index (χ2n) is 6.78. The van der Waals surface area contributed by atoms with Gasteiger partial charge in [0.1, 0.15) is 11.4 Å². The number of amides is 1. The third kappa shape index (κ3) is 3.98. The maximum atomic E-state index is 12.4. The van der Waals surface area contributed by atoms with Gasteiger partial charge in [0, 0.05) is 11.1 Å². The molecule has 3 aromatic carbocycles. The molecule has 0 saturated carbocycles. The van der Waals surface area contributed by atoms with Crippen molar-refractivity contribution in [2.24, 2.45) is 5.10 Å². The van der Waals surface area contributed by atoms with E-state index in [1.165, 1.54) is 6.21 Å². The average molecular weight is 396 g/mol. The van der Waals surface area contributed by atoms with Crippen LogP contribution >= 0.6 is 0 Å². The first-order valence-electron chi connectivity index (χ1n) is 9.45. The zero-order valence-corrected chi connectivity index (χ0v) is 16.2. The maximum absolute atomic E-state index is 12.4. The van der Waals surface area contributed by atoms with E-state index in [0.29, 0.717) is 23.4 Å². The van der Waals surface area contributed by atoms with Gasteiger partial charge in [-0.05, 0) is 41.0 Å². The topological polar surface area (TPSA) is 90.4 Å². The van der Waals surface area contributed by atoms with Gasteiger partial charge in [-0.15, -0.1) is 6.58 Å². The van der Waals surface area contributed by atoms with Crippen molar-refractivity contribution in [3.05, 3.63) is 96.2 Å². The molecule has 0 bridgehead atoms. The summed E-state index contributed by atoms with van der Waals surface area (Å²) in [5, 5.41) is 23.4.